The molecule has 0 atom stereocenters. The van der Waals surface area contributed by atoms with Gasteiger partial charge in [0.05, 0.1) is 11.1 Å². The molecule has 0 saturated carbocycles. The Morgan fingerprint density at radius 2 is 2.00 bits per heavy atom. The molecule has 138 valence electrons. The Labute approximate surface area is 158 Å². The van der Waals surface area contributed by atoms with Gasteiger partial charge in [-0.2, -0.15) is 0 Å². The van der Waals surface area contributed by atoms with E-state index in [0.29, 0.717) is 23.5 Å². The first-order valence-corrected chi connectivity index (χ1v) is 8.86. The quantitative estimate of drug-likeness (QED) is 0.648. The van der Waals surface area contributed by atoms with E-state index >= 15 is 0 Å². The number of rotatable bonds is 6. The highest BCUT2D eigenvalue weighted by Crippen LogP contribution is 2.32. The first-order chi connectivity index (χ1) is 12.9. The monoisotopic (exact) mass is 361 g/mol. The van der Waals surface area contributed by atoms with Crippen molar-refractivity contribution in [2.24, 2.45) is 11.7 Å². The van der Waals surface area contributed by atoms with E-state index in [9.17, 15) is 9.59 Å². The molecule has 0 radical (unpaired) electrons. The Hall–Kier alpha value is -3.34. The van der Waals surface area contributed by atoms with Gasteiger partial charge in [-0.25, -0.2) is 0 Å². The summed E-state index contributed by atoms with van der Waals surface area (Å²) in [5, 5.41) is 0.911. The number of anilines is 1. The Bertz CT molecular complexity index is 1020. The van der Waals surface area contributed by atoms with Gasteiger partial charge >= 0.3 is 0 Å². The van der Waals surface area contributed by atoms with Gasteiger partial charge in [-0.3, -0.25) is 9.59 Å². The number of fused-ring (bicyclic) bond motifs is 1. The molecule has 3 rings (SSSR count). The zero-order chi connectivity index (χ0) is 19.6. The predicted octanol–water partition coefficient (Wildman–Crippen LogP) is 4.11. The molecular formula is C22H23N3O2. The van der Waals surface area contributed by atoms with E-state index in [0.717, 1.165) is 22.2 Å². The number of nitrogens with zero attached hydrogens (tertiary/aromatic N) is 1. The number of primary amides is 1. The van der Waals surface area contributed by atoms with Gasteiger partial charge in [0.2, 0.25) is 5.91 Å². The summed E-state index contributed by atoms with van der Waals surface area (Å²) in [6.45, 7) is 8.36. The number of nitrogens with two attached hydrogens (primary N) is 1. The summed E-state index contributed by atoms with van der Waals surface area (Å²) >= 11 is 0. The molecule has 0 bridgehead atoms. The Morgan fingerprint density at radius 1 is 1.22 bits per heavy atom. The molecule has 27 heavy (non-hydrogen) atoms. The average molecular weight is 361 g/mol. The highest BCUT2D eigenvalue weighted by molar-refractivity contribution is 6.09. The summed E-state index contributed by atoms with van der Waals surface area (Å²) in [5.74, 6) is -0.275. The second-order valence-electron chi connectivity index (χ2n) is 6.89. The van der Waals surface area contributed by atoms with Crippen LogP contribution in [0.5, 0.6) is 0 Å². The number of H-pyrrole nitrogens is 1. The number of hydrogen-bond donors (Lipinski definition) is 2. The minimum absolute atomic E-state index is 0.128. The number of carbonyl (C=O) groups excluding carboxylic acids is 2. The molecule has 3 N–H and O–H groups in total. The maximum absolute atomic E-state index is 12.3. The number of nitrogens with one attached hydrogen (secondary N) is 1. The number of hydrogen-bond acceptors (Lipinski definition) is 2. The minimum Gasteiger partial charge on any atom is -0.366 e. The highest BCUT2D eigenvalue weighted by atomic mass is 16.2. The lowest BCUT2D eigenvalue weighted by Gasteiger charge is -2.24. The smallest absolute Gasteiger partial charge is 0.250 e. The Morgan fingerprint density at radius 3 is 2.67 bits per heavy atom. The summed E-state index contributed by atoms with van der Waals surface area (Å²) < 4.78 is 0. The predicted molar refractivity (Wildman–Crippen MR) is 110 cm³/mol. The highest BCUT2D eigenvalue weighted by Gasteiger charge is 2.17. The fraction of sp³-hybridized carbons (Fsp3) is 0.182. The maximum atomic E-state index is 12.3. The first kappa shape index (κ1) is 18.5. The topological polar surface area (TPSA) is 79.2 Å². The molecule has 5 heteroatoms. The van der Waals surface area contributed by atoms with Crippen LogP contribution in [0.4, 0.5) is 5.69 Å². The van der Waals surface area contributed by atoms with Crippen LogP contribution in [0, 0.1) is 5.92 Å². The molecule has 0 unspecified atom stereocenters. The number of aromatic amines is 1. The minimum atomic E-state index is -0.470. The van der Waals surface area contributed by atoms with Crippen LogP contribution in [-0.4, -0.2) is 23.3 Å². The van der Waals surface area contributed by atoms with Crippen molar-refractivity contribution in [1.29, 1.82) is 0 Å². The number of aromatic nitrogens is 1. The normalized spacial score (nSPS) is 10.9. The lowest BCUT2D eigenvalue weighted by molar-refractivity contribution is -0.114. The molecule has 0 spiro atoms. The standard InChI is InChI=1S/C22H23N3O2/c1-4-20(26)25(13-14(2)3)16-7-5-6-15(12-16)17-8-9-19(22(23)27)21-18(17)10-11-24-21/h4-12,14,24H,1,13H2,2-3H3,(H2,23,27). The number of amides is 2. The summed E-state index contributed by atoms with van der Waals surface area (Å²) in [5.41, 5.74) is 9.38. The van der Waals surface area contributed by atoms with E-state index in [1.54, 1.807) is 17.2 Å². The van der Waals surface area contributed by atoms with Gasteiger partial charge in [-0.15, -0.1) is 0 Å². The SMILES string of the molecule is C=CC(=O)N(CC(C)C)c1cccc(-c2ccc(C(N)=O)c3[nH]ccc23)c1. The van der Waals surface area contributed by atoms with Gasteiger partial charge < -0.3 is 15.6 Å². The molecule has 2 aromatic carbocycles. The van der Waals surface area contributed by atoms with Crippen LogP contribution < -0.4 is 10.6 Å². The van der Waals surface area contributed by atoms with Crippen LogP contribution in [0.1, 0.15) is 24.2 Å². The molecule has 0 aliphatic rings. The average Bonchev–Trinajstić information content (AvgIpc) is 3.14. The van der Waals surface area contributed by atoms with E-state index in [1.807, 2.05) is 36.4 Å². The van der Waals surface area contributed by atoms with Crippen molar-refractivity contribution < 1.29 is 9.59 Å². The van der Waals surface area contributed by atoms with Crippen molar-refractivity contribution in [1.82, 2.24) is 4.98 Å². The number of benzene rings is 2. The largest absolute Gasteiger partial charge is 0.366 e. The third kappa shape index (κ3) is 3.62. The lowest BCUT2D eigenvalue weighted by Crippen LogP contribution is -2.32. The molecule has 0 saturated heterocycles. The summed E-state index contributed by atoms with van der Waals surface area (Å²) in [4.78, 5) is 28.8. The van der Waals surface area contributed by atoms with Crippen molar-refractivity contribution >= 4 is 28.4 Å². The molecule has 1 heterocycles. The van der Waals surface area contributed by atoms with Gasteiger partial charge in [0.15, 0.2) is 0 Å². The van der Waals surface area contributed by atoms with Gasteiger partial charge in [0.25, 0.3) is 5.91 Å². The molecule has 1 aromatic heterocycles. The van der Waals surface area contributed by atoms with E-state index in [1.165, 1.54) is 6.08 Å². The van der Waals surface area contributed by atoms with E-state index < -0.39 is 5.91 Å². The third-order valence-electron chi connectivity index (χ3n) is 4.45. The van der Waals surface area contributed by atoms with Crippen molar-refractivity contribution in [3.05, 3.63) is 66.9 Å². The van der Waals surface area contributed by atoms with Crippen LogP contribution in [-0.2, 0) is 4.79 Å². The molecule has 5 nitrogen and oxygen atoms in total. The second kappa shape index (κ2) is 7.50. The third-order valence-corrected chi connectivity index (χ3v) is 4.45. The molecule has 0 fully saturated rings. The van der Waals surface area contributed by atoms with Crippen molar-refractivity contribution in [2.75, 3.05) is 11.4 Å². The second-order valence-corrected chi connectivity index (χ2v) is 6.89. The fourth-order valence-electron chi connectivity index (χ4n) is 3.25. The van der Waals surface area contributed by atoms with E-state index in [2.05, 4.69) is 25.4 Å². The van der Waals surface area contributed by atoms with Gasteiger partial charge in [-0.1, -0.05) is 38.6 Å². The van der Waals surface area contributed by atoms with Crippen LogP contribution in [0.25, 0.3) is 22.0 Å². The molecule has 2 amide bonds. The van der Waals surface area contributed by atoms with Crippen molar-refractivity contribution in [2.45, 2.75) is 13.8 Å². The zero-order valence-electron chi connectivity index (χ0n) is 15.5. The van der Waals surface area contributed by atoms with Crippen LogP contribution in [0.15, 0.2) is 61.3 Å². The van der Waals surface area contributed by atoms with E-state index in [4.69, 9.17) is 5.73 Å². The lowest BCUT2D eigenvalue weighted by atomic mass is 9.98. The number of carbonyl (C=O) groups is 2. The molecule has 0 aliphatic heterocycles. The zero-order valence-corrected chi connectivity index (χ0v) is 15.5. The summed E-state index contributed by atoms with van der Waals surface area (Å²) in [6.07, 6.45) is 3.12. The molecular weight excluding hydrogens is 338 g/mol. The van der Waals surface area contributed by atoms with Gasteiger partial charge in [-0.05, 0) is 47.4 Å². The van der Waals surface area contributed by atoms with E-state index in [-0.39, 0.29) is 5.91 Å². The first-order valence-electron chi connectivity index (χ1n) is 8.86. The van der Waals surface area contributed by atoms with Crippen molar-refractivity contribution in [3.8, 4) is 11.1 Å². The summed E-state index contributed by atoms with van der Waals surface area (Å²) in [7, 11) is 0. The molecule has 3 aromatic rings. The van der Waals surface area contributed by atoms with Crippen LogP contribution in [0.3, 0.4) is 0 Å². The van der Waals surface area contributed by atoms with Crippen LogP contribution in [0.2, 0.25) is 0 Å². The Balaban J connectivity index is 2.11. The maximum Gasteiger partial charge on any atom is 0.250 e. The Kier molecular flexibility index (Phi) is 5.12. The van der Waals surface area contributed by atoms with Crippen LogP contribution >= 0.6 is 0 Å². The van der Waals surface area contributed by atoms with Crippen molar-refractivity contribution in [3.63, 3.8) is 0 Å². The molecule has 0 aliphatic carbocycles. The van der Waals surface area contributed by atoms with Gasteiger partial charge in [0, 0.05) is 23.8 Å². The van der Waals surface area contributed by atoms with Gasteiger partial charge in [0.1, 0.15) is 0 Å². The summed E-state index contributed by atoms with van der Waals surface area (Å²) in [6, 6.07) is 13.3. The fourth-order valence-corrected chi connectivity index (χ4v) is 3.25.